The summed E-state index contributed by atoms with van der Waals surface area (Å²) < 4.78 is 0. The zero-order valence-electron chi connectivity index (χ0n) is 21.5. The molecule has 1 atom stereocenters. The van der Waals surface area contributed by atoms with Gasteiger partial charge in [-0.25, -0.2) is 0 Å². The lowest BCUT2D eigenvalue weighted by Crippen LogP contribution is -2.60. The van der Waals surface area contributed by atoms with Gasteiger partial charge in [-0.3, -0.25) is 9.80 Å². The molecule has 0 saturated carbocycles. The third kappa shape index (κ3) is 5.06. The van der Waals surface area contributed by atoms with Gasteiger partial charge in [0, 0.05) is 50.0 Å². The average molecular weight is 456 g/mol. The number of rotatable bonds is 9. The van der Waals surface area contributed by atoms with Crippen molar-refractivity contribution in [3.05, 3.63) is 102 Å². The molecule has 0 amide bonds. The highest BCUT2D eigenvalue weighted by Gasteiger charge is 2.38. The van der Waals surface area contributed by atoms with E-state index in [1.165, 1.54) is 28.0 Å². The maximum absolute atomic E-state index is 4.09. The number of anilines is 1. The van der Waals surface area contributed by atoms with Crippen LogP contribution >= 0.6 is 0 Å². The summed E-state index contributed by atoms with van der Waals surface area (Å²) in [5.74, 6) is 0. The summed E-state index contributed by atoms with van der Waals surface area (Å²) in [6, 6.07) is 19.8. The maximum atomic E-state index is 4.09. The number of nitrogens with zero attached hydrogens (tertiary/aromatic N) is 3. The Morgan fingerprint density at radius 3 is 2.29 bits per heavy atom. The SMILES string of the molecule is C=C/C=C(\C=C)C(c1ccccc1)N1CC(N2CCc3cc(N(C(C)C)C(C)C)ccc3C2)C1. The van der Waals surface area contributed by atoms with Crippen LogP contribution in [-0.2, 0) is 13.0 Å². The Morgan fingerprint density at radius 1 is 0.971 bits per heavy atom. The van der Waals surface area contributed by atoms with E-state index in [1.54, 1.807) is 0 Å². The molecular weight excluding hydrogens is 414 g/mol. The number of likely N-dealkylation sites (tertiary alicyclic amines) is 1. The van der Waals surface area contributed by atoms with Crippen molar-refractivity contribution in [2.24, 2.45) is 0 Å². The average Bonchev–Trinajstić information content (AvgIpc) is 2.80. The Labute approximate surface area is 207 Å². The molecule has 2 aromatic carbocycles. The number of benzene rings is 2. The van der Waals surface area contributed by atoms with Crippen molar-refractivity contribution in [1.29, 1.82) is 0 Å². The van der Waals surface area contributed by atoms with E-state index < -0.39 is 0 Å². The van der Waals surface area contributed by atoms with Crippen LogP contribution < -0.4 is 4.90 Å². The van der Waals surface area contributed by atoms with Gasteiger partial charge in [-0.1, -0.05) is 67.8 Å². The minimum absolute atomic E-state index is 0.241. The zero-order valence-corrected chi connectivity index (χ0v) is 21.5. The van der Waals surface area contributed by atoms with Gasteiger partial charge >= 0.3 is 0 Å². The molecule has 180 valence electrons. The fourth-order valence-corrected chi connectivity index (χ4v) is 5.81. The van der Waals surface area contributed by atoms with Crippen molar-refractivity contribution < 1.29 is 0 Å². The monoisotopic (exact) mass is 455 g/mol. The van der Waals surface area contributed by atoms with Gasteiger partial charge in [0.15, 0.2) is 0 Å². The summed E-state index contributed by atoms with van der Waals surface area (Å²) >= 11 is 0. The second kappa shape index (κ2) is 10.8. The first kappa shape index (κ1) is 24.5. The Bertz CT molecular complexity index is 1010. The van der Waals surface area contributed by atoms with Gasteiger partial charge < -0.3 is 4.90 Å². The second-order valence-corrected chi connectivity index (χ2v) is 10.3. The van der Waals surface area contributed by atoms with Gasteiger partial charge in [0.05, 0.1) is 6.04 Å². The molecule has 2 aromatic rings. The highest BCUT2D eigenvalue weighted by molar-refractivity contribution is 5.53. The van der Waals surface area contributed by atoms with E-state index >= 15 is 0 Å². The largest absolute Gasteiger partial charge is 0.367 e. The third-order valence-electron chi connectivity index (χ3n) is 7.39. The van der Waals surface area contributed by atoms with E-state index in [2.05, 4.69) is 110 Å². The molecule has 0 spiro atoms. The first-order valence-electron chi connectivity index (χ1n) is 12.8. The maximum Gasteiger partial charge on any atom is 0.0602 e. The van der Waals surface area contributed by atoms with Gasteiger partial charge in [-0.05, 0) is 68.5 Å². The second-order valence-electron chi connectivity index (χ2n) is 10.3. The topological polar surface area (TPSA) is 9.72 Å². The van der Waals surface area contributed by atoms with Crippen LogP contribution in [0.5, 0.6) is 0 Å². The van der Waals surface area contributed by atoms with Crippen molar-refractivity contribution in [3.63, 3.8) is 0 Å². The third-order valence-corrected chi connectivity index (χ3v) is 7.39. The number of allylic oxidation sites excluding steroid dienone is 2. The van der Waals surface area contributed by atoms with Gasteiger partial charge in [-0.2, -0.15) is 0 Å². The standard InChI is InChI=1S/C31H41N3/c1-7-12-25(8-2)31(26-13-10-9-11-14-26)33-21-30(22-33)32-18-17-27-19-29(16-15-28(27)20-32)34(23(3)4)24(5)6/h7-16,19,23-24,30-31H,1-2,17-18,20-22H2,3-6H3/b25-12+. The first-order valence-corrected chi connectivity index (χ1v) is 12.8. The van der Waals surface area contributed by atoms with Crippen molar-refractivity contribution >= 4 is 5.69 Å². The Morgan fingerprint density at radius 2 is 1.68 bits per heavy atom. The molecule has 0 radical (unpaired) electrons. The van der Waals surface area contributed by atoms with Crippen molar-refractivity contribution in [3.8, 4) is 0 Å². The lowest BCUT2D eigenvalue weighted by atomic mass is 9.90. The van der Waals surface area contributed by atoms with E-state index in [1.807, 2.05) is 12.2 Å². The van der Waals surface area contributed by atoms with Crippen LogP contribution in [0.1, 0.15) is 50.4 Å². The van der Waals surface area contributed by atoms with Crippen molar-refractivity contribution in [1.82, 2.24) is 9.80 Å². The van der Waals surface area contributed by atoms with Crippen LogP contribution in [0.15, 0.2) is 85.5 Å². The predicted octanol–water partition coefficient (Wildman–Crippen LogP) is 6.39. The predicted molar refractivity (Wildman–Crippen MR) is 146 cm³/mol. The fourth-order valence-electron chi connectivity index (χ4n) is 5.81. The number of hydrogen-bond acceptors (Lipinski definition) is 3. The van der Waals surface area contributed by atoms with Gasteiger partial charge in [-0.15, -0.1) is 0 Å². The molecule has 34 heavy (non-hydrogen) atoms. The van der Waals surface area contributed by atoms with E-state index in [0.29, 0.717) is 18.1 Å². The molecule has 3 heteroatoms. The number of hydrogen-bond donors (Lipinski definition) is 0. The summed E-state index contributed by atoms with van der Waals surface area (Å²) in [5, 5.41) is 0. The molecule has 4 rings (SSSR count). The van der Waals surface area contributed by atoms with Crippen LogP contribution in [-0.4, -0.2) is 47.6 Å². The molecule has 3 nitrogen and oxygen atoms in total. The lowest BCUT2D eigenvalue weighted by Gasteiger charge is -2.50. The zero-order chi connectivity index (χ0) is 24.2. The molecular formula is C31H41N3. The van der Waals surface area contributed by atoms with Crippen LogP contribution in [0.2, 0.25) is 0 Å². The van der Waals surface area contributed by atoms with Crippen LogP contribution in [0.25, 0.3) is 0 Å². The van der Waals surface area contributed by atoms with E-state index in [-0.39, 0.29) is 6.04 Å². The van der Waals surface area contributed by atoms with Gasteiger partial charge in [0.1, 0.15) is 0 Å². The highest BCUT2D eigenvalue weighted by atomic mass is 15.3. The van der Waals surface area contributed by atoms with Gasteiger partial charge in [0.2, 0.25) is 0 Å². The summed E-state index contributed by atoms with van der Waals surface area (Å²) in [5.41, 5.74) is 6.94. The normalized spacial score (nSPS) is 18.5. The van der Waals surface area contributed by atoms with E-state index in [9.17, 15) is 0 Å². The molecule has 0 N–H and O–H groups in total. The van der Waals surface area contributed by atoms with Crippen molar-refractivity contribution in [2.75, 3.05) is 24.5 Å². The minimum atomic E-state index is 0.241. The Balaban J connectivity index is 1.45. The molecule has 1 saturated heterocycles. The lowest BCUT2D eigenvalue weighted by molar-refractivity contribution is 0.00712. The first-order chi connectivity index (χ1) is 16.4. The number of fused-ring (bicyclic) bond motifs is 1. The minimum Gasteiger partial charge on any atom is -0.367 e. The summed E-state index contributed by atoms with van der Waals surface area (Å²) in [6.45, 7) is 21.5. The molecule has 2 heterocycles. The van der Waals surface area contributed by atoms with Crippen LogP contribution in [0, 0.1) is 0 Å². The highest BCUT2D eigenvalue weighted by Crippen LogP contribution is 2.36. The molecule has 1 unspecified atom stereocenters. The Hall–Kier alpha value is -2.62. The summed E-state index contributed by atoms with van der Waals surface area (Å²) in [6.07, 6.45) is 7.10. The van der Waals surface area contributed by atoms with E-state index in [0.717, 1.165) is 32.6 Å². The van der Waals surface area contributed by atoms with Gasteiger partial charge in [0.25, 0.3) is 0 Å². The van der Waals surface area contributed by atoms with E-state index in [4.69, 9.17) is 0 Å². The Kier molecular flexibility index (Phi) is 7.75. The van der Waals surface area contributed by atoms with Crippen LogP contribution in [0.3, 0.4) is 0 Å². The summed E-state index contributed by atoms with van der Waals surface area (Å²) in [7, 11) is 0. The molecule has 0 aliphatic carbocycles. The fraction of sp³-hybridized carbons (Fsp3) is 0.419. The molecule has 0 bridgehead atoms. The molecule has 0 aromatic heterocycles. The quantitative estimate of drug-likeness (QED) is 0.406. The smallest absolute Gasteiger partial charge is 0.0602 e. The van der Waals surface area contributed by atoms with Crippen LogP contribution in [0.4, 0.5) is 5.69 Å². The van der Waals surface area contributed by atoms with Crippen molar-refractivity contribution in [2.45, 2.75) is 64.8 Å². The molecule has 2 aliphatic rings. The summed E-state index contributed by atoms with van der Waals surface area (Å²) in [4.78, 5) is 7.79. The molecule has 2 aliphatic heterocycles. The molecule has 1 fully saturated rings.